The number of aliphatic carboxylic acids is 1. The van der Waals surface area contributed by atoms with Crippen LogP contribution in [0.1, 0.15) is 54.1 Å². The van der Waals surface area contributed by atoms with Gasteiger partial charge in [-0.1, -0.05) is 19.4 Å². The van der Waals surface area contributed by atoms with E-state index in [4.69, 9.17) is 19.3 Å². The van der Waals surface area contributed by atoms with E-state index in [1.807, 2.05) is 13.0 Å². The van der Waals surface area contributed by atoms with Crippen molar-refractivity contribution < 1.29 is 34.0 Å². The van der Waals surface area contributed by atoms with E-state index in [1.165, 1.54) is 7.05 Å². The molecule has 3 rings (SSSR count). The van der Waals surface area contributed by atoms with Crippen molar-refractivity contribution in [3.05, 3.63) is 47.0 Å². The van der Waals surface area contributed by atoms with Crippen LogP contribution in [-0.4, -0.2) is 49.0 Å². The Balaban J connectivity index is 1.59. The Labute approximate surface area is 199 Å². The molecule has 8 nitrogen and oxygen atoms in total. The number of rotatable bonds is 14. The molecule has 0 heterocycles. The van der Waals surface area contributed by atoms with Crippen molar-refractivity contribution in [3.63, 3.8) is 0 Å². The molecule has 1 fully saturated rings. The highest BCUT2D eigenvalue weighted by Gasteiger charge is 2.27. The third kappa shape index (κ3) is 6.79. The minimum Gasteiger partial charge on any atom is -0.507 e. The maximum atomic E-state index is 12.0. The smallest absolute Gasteiger partial charge is 0.341 e. The molecule has 1 aliphatic rings. The van der Waals surface area contributed by atoms with Gasteiger partial charge in [0.1, 0.15) is 23.0 Å². The number of carboxylic acids is 1. The van der Waals surface area contributed by atoms with E-state index < -0.39 is 12.6 Å². The number of hydrogen-bond acceptors (Lipinski definition) is 6. The summed E-state index contributed by atoms with van der Waals surface area (Å²) in [6, 6.07) is 8.70. The SMILES string of the molecule is CCCc1c(OCCCOc2ccc(C(=O)NC)c(O)c2CC2CC2)cccc1OCC(=O)O. The van der Waals surface area contributed by atoms with Crippen LogP contribution in [0.25, 0.3) is 0 Å². The predicted molar refractivity (Wildman–Crippen MR) is 127 cm³/mol. The number of carboxylic acid groups (broad SMARTS) is 1. The van der Waals surface area contributed by atoms with E-state index in [9.17, 15) is 14.7 Å². The maximum absolute atomic E-state index is 12.0. The van der Waals surface area contributed by atoms with E-state index >= 15 is 0 Å². The van der Waals surface area contributed by atoms with E-state index in [0.717, 1.165) is 24.8 Å². The fourth-order valence-electron chi connectivity index (χ4n) is 3.75. The van der Waals surface area contributed by atoms with Crippen LogP contribution in [0.5, 0.6) is 23.0 Å². The number of phenols is 1. The summed E-state index contributed by atoms with van der Waals surface area (Å²) in [6.45, 7) is 2.42. The molecule has 1 saturated carbocycles. The Morgan fingerprint density at radius 2 is 1.65 bits per heavy atom. The van der Waals surface area contributed by atoms with Gasteiger partial charge in [0, 0.05) is 24.6 Å². The monoisotopic (exact) mass is 471 g/mol. The molecule has 8 heteroatoms. The summed E-state index contributed by atoms with van der Waals surface area (Å²) >= 11 is 0. The quantitative estimate of drug-likeness (QED) is 0.357. The third-order valence-electron chi connectivity index (χ3n) is 5.65. The van der Waals surface area contributed by atoms with E-state index in [-0.39, 0.29) is 17.2 Å². The topological polar surface area (TPSA) is 114 Å². The summed E-state index contributed by atoms with van der Waals surface area (Å²) in [4.78, 5) is 22.9. The van der Waals surface area contributed by atoms with Gasteiger partial charge in [-0.3, -0.25) is 4.79 Å². The molecule has 1 amide bonds. The van der Waals surface area contributed by atoms with E-state index in [2.05, 4.69) is 5.32 Å². The molecule has 0 unspecified atom stereocenters. The zero-order valence-corrected chi connectivity index (χ0v) is 19.8. The van der Waals surface area contributed by atoms with E-state index in [0.29, 0.717) is 61.2 Å². The first-order valence-corrected chi connectivity index (χ1v) is 11.7. The number of carbonyl (C=O) groups excluding carboxylic acids is 1. The highest BCUT2D eigenvalue weighted by molar-refractivity contribution is 5.97. The van der Waals surface area contributed by atoms with Crippen LogP contribution in [0.4, 0.5) is 0 Å². The first-order valence-electron chi connectivity index (χ1n) is 11.7. The van der Waals surface area contributed by atoms with E-state index in [1.54, 1.807) is 24.3 Å². The number of nitrogens with one attached hydrogen (secondary N) is 1. The first-order chi connectivity index (χ1) is 16.4. The first kappa shape index (κ1) is 25.2. The number of phenolic OH excluding ortho intramolecular Hbond substituents is 1. The number of benzene rings is 2. The Morgan fingerprint density at radius 1 is 1.00 bits per heavy atom. The van der Waals surface area contributed by atoms with Gasteiger partial charge in [0.05, 0.1) is 18.8 Å². The standard InChI is InChI=1S/C26H33NO7/c1-3-6-18-21(7-4-8-22(18)34-16-24(28)29)32-13-5-14-33-23-12-11-19(26(31)27-2)25(30)20(23)15-17-9-10-17/h4,7-8,11-12,17,30H,3,5-6,9-10,13-16H2,1-2H3,(H,27,31)(H,28,29). The number of amides is 1. The molecule has 1 aliphatic carbocycles. The summed E-state index contributed by atoms with van der Waals surface area (Å²) < 4.78 is 17.3. The molecule has 3 N–H and O–H groups in total. The van der Waals surface area contributed by atoms with Crippen molar-refractivity contribution in [2.24, 2.45) is 5.92 Å². The number of aromatic hydroxyl groups is 1. The lowest BCUT2D eigenvalue weighted by Crippen LogP contribution is -2.18. The van der Waals surface area contributed by atoms with Gasteiger partial charge >= 0.3 is 5.97 Å². The van der Waals surface area contributed by atoms with Crippen molar-refractivity contribution in [3.8, 4) is 23.0 Å². The molecule has 0 atom stereocenters. The lowest BCUT2D eigenvalue weighted by molar-refractivity contribution is -0.139. The van der Waals surface area contributed by atoms with Gasteiger partial charge in [-0.05, 0) is 55.9 Å². The normalized spacial score (nSPS) is 12.8. The summed E-state index contributed by atoms with van der Waals surface area (Å²) in [6.07, 6.45) is 5.10. The van der Waals surface area contributed by atoms with Crippen LogP contribution in [0.2, 0.25) is 0 Å². The van der Waals surface area contributed by atoms with Gasteiger partial charge in [0.15, 0.2) is 6.61 Å². The Morgan fingerprint density at radius 3 is 2.24 bits per heavy atom. The molecule has 34 heavy (non-hydrogen) atoms. The second-order valence-corrected chi connectivity index (χ2v) is 8.38. The number of carbonyl (C=O) groups is 2. The molecular weight excluding hydrogens is 438 g/mol. The molecule has 0 radical (unpaired) electrons. The minimum absolute atomic E-state index is 0.0117. The number of ether oxygens (including phenoxy) is 3. The van der Waals surface area contributed by atoms with Gasteiger partial charge in [0.2, 0.25) is 0 Å². The van der Waals surface area contributed by atoms with Gasteiger partial charge in [-0.25, -0.2) is 4.79 Å². The van der Waals surface area contributed by atoms with Crippen LogP contribution < -0.4 is 19.5 Å². The summed E-state index contributed by atoms with van der Waals surface area (Å²) in [5.41, 5.74) is 1.79. The fraction of sp³-hybridized carbons (Fsp3) is 0.462. The average Bonchev–Trinajstić information content (AvgIpc) is 3.64. The molecule has 0 spiro atoms. The summed E-state index contributed by atoms with van der Waals surface area (Å²) in [5.74, 6) is 0.939. The molecule has 184 valence electrons. The molecule has 2 aromatic rings. The van der Waals surface area contributed by atoms with Crippen molar-refractivity contribution in [2.75, 3.05) is 26.9 Å². The zero-order chi connectivity index (χ0) is 24.5. The molecule has 0 aliphatic heterocycles. The molecule has 2 aromatic carbocycles. The lowest BCUT2D eigenvalue weighted by Gasteiger charge is -2.17. The zero-order valence-electron chi connectivity index (χ0n) is 19.8. The highest BCUT2D eigenvalue weighted by Crippen LogP contribution is 2.40. The Hall–Kier alpha value is -3.42. The molecule has 0 aromatic heterocycles. The Kier molecular flexibility index (Phi) is 9.01. The summed E-state index contributed by atoms with van der Waals surface area (Å²) in [5, 5.41) is 22.1. The van der Waals surface area contributed by atoms with Crippen LogP contribution >= 0.6 is 0 Å². The van der Waals surface area contributed by atoms with Crippen molar-refractivity contribution in [2.45, 2.75) is 45.4 Å². The van der Waals surface area contributed by atoms with Gasteiger partial charge in [-0.15, -0.1) is 0 Å². The van der Waals surface area contributed by atoms with Gasteiger partial charge in [-0.2, -0.15) is 0 Å². The minimum atomic E-state index is -1.03. The Bertz CT molecular complexity index is 1000. The average molecular weight is 472 g/mol. The predicted octanol–water partition coefficient (Wildman–Crippen LogP) is 3.97. The largest absolute Gasteiger partial charge is 0.507 e. The molecular formula is C26H33NO7. The van der Waals surface area contributed by atoms with Crippen LogP contribution in [0, 0.1) is 5.92 Å². The maximum Gasteiger partial charge on any atom is 0.341 e. The van der Waals surface area contributed by atoms with Gasteiger partial charge < -0.3 is 29.7 Å². The van der Waals surface area contributed by atoms with Crippen LogP contribution in [0.3, 0.4) is 0 Å². The van der Waals surface area contributed by atoms with Crippen molar-refractivity contribution >= 4 is 11.9 Å². The highest BCUT2D eigenvalue weighted by atomic mass is 16.5. The lowest BCUT2D eigenvalue weighted by atomic mass is 10.0. The second-order valence-electron chi connectivity index (χ2n) is 8.38. The van der Waals surface area contributed by atoms with Crippen molar-refractivity contribution in [1.29, 1.82) is 0 Å². The number of hydrogen-bond donors (Lipinski definition) is 3. The van der Waals surface area contributed by atoms with Crippen LogP contribution in [0.15, 0.2) is 30.3 Å². The molecule has 0 saturated heterocycles. The second kappa shape index (κ2) is 12.2. The summed E-state index contributed by atoms with van der Waals surface area (Å²) in [7, 11) is 1.53. The van der Waals surface area contributed by atoms with Crippen LogP contribution in [-0.2, 0) is 17.6 Å². The third-order valence-corrected chi connectivity index (χ3v) is 5.65. The van der Waals surface area contributed by atoms with Crippen molar-refractivity contribution in [1.82, 2.24) is 5.32 Å². The van der Waals surface area contributed by atoms with Gasteiger partial charge in [0.25, 0.3) is 5.91 Å². The molecule has 0 bridgehead atoms. The fourth-order valence-corrected chi connectivity index (χ4v) is 3.75.